The van der Waals surface area contributed by atoms with Crippen molar-refractivity contribution in [2.75, 3.05) is 19.5 Å². The Bertz CT molecular complexity index is 1270. The third kappa shape index (κ3) is 6.82. The van der Waals surface area contributed by atoms with Crippen LogP contribution in [0.3, 0.4) is 0 Å². The number of hydrogen-bond donors (Lipinski definition) is 2. The van der Waals surface area contributed by atoms with Gasteiger partial charge in [-0.15, -0.1) is 0 Å². The number of benzene rings is 1. The number of ether oxygens (including phenoxy) is 2. The smallest absolute Gasteiger partial charge is 0.111 e. The van der Waals surface area contributed by atoms with Gasteiger partial charge in [0.05, 0.1) is 12.7 Å². The van der Waals surface area contributed by atoms with E-state index in [1.165, 1.54) is 47.9 Å². The van der Waals surface area contributed by atoms with Crippen molar-refractivity contribution in [3.05, 3.63) is 63.5 Å². The molecule has 2 spiro atoms. The van der Waals surface area contributed by atoms with Gasteiger partial charge in [-0.1, -0.05) is 106 Å². The molecule has 0 radical (unpaired) electrons. The second-order valence-electron chi connectivity index (χ2n) is 16.5. The van der Waals surface area contributed by atoms with Gasteiger partial charge >= 0.3 is 0 Å². The van der Waals surface area contributed by atoms with E-state index in [1.807, 2.05) is 0 Å². The van der Waals surface area contributed by atoms with Crippen LogP contribution in [0.25, 0.3) is 0 Å². The summed E-state index contributed by atoms with van der Waals surface area (Å²) < 4.78 is 13.2. The Balaban J connectivity index is 0.000000496. The monoisotopic (exact) mass is 623 g/mol. The Morgan fingerprint density at radius 1 is 1.00 bits per heavy atom. The van der Waals surface area contributed by atoms with Crippen LogP contribution >= 0.6 is 12.6 Å². The van der Waals surface area contributed by atoms with Crippen LogP contribution in [0.2, 0.25) is 0 Å². The van der Waals surface area contributed by atoms with Gasteiger partial charge in [0.15, 0.2) is 0 Å². The van der Waals surface area contributed by atoms with Gasteiger partial charge in [0.2, 0.25) is 0 Å². The molecule has 0 bridgehead atoms. The summed E-state index contributed by atoms with van der Waals surface area (Å²) in [4.78, 5) is 5.38. The molecule has 2 aliphatic heterocycles. The molecule has 2 fully saturated rings. The van der Waals surface area contributed by atoms with Gasteiger partial charge in [0.25, 0.3) is 0 Å². The van der Waals surface area contributed by atoms with Gasteiger partial charge in [-0.25, -0.2) is 0 Å². The van der Waals surface area contributed by atoms with Crippen LogP contribution in [-0.4, -0.2) is 29.6 Å². The molecule has 3 heterocycles. The quantitative estimate of drug-likeness (QED) is 0.327. The second kappa shape index (κ2) is 13.4. The first-order valence-electron chi connectivity index (χ1n) is 17.2. The molecule has 0 amide bonds. The summed E-state index contributed by atoms with van der Waals surface area (Å²) in [6, 6.07) is 9.02. The van der Waals surface area contributed by atoms with Gasteiger partial charge in [-0.05, 0) is 70.8 Å². The minimum atomic E-state index is -0.464. The zero-order chi connectivity index (χ0) is 32.7. The van der Waals surface area contributed by atoms with E-state index in [2.05, 4.69) is 106 Å². The van der Waals surface area contributed by atoms with Crippen LogP contribution in [0.15, 0.2) is 24.3 Å². The molecule has 4 atom stereocenters. The Kier molecular flexibility index (Phi) is 10.8. The number of thiol groups is 1. The largest absolute Gasteiger partial charge is 0.388 e. The van der Waals surface area contributed by atoms with E-state index in [9.17, 15) is 5.11 Å². The summed E-state index contributed by atoms with van der Waals surface area (Å²) in [6.45, 7) is 23.8. The highest BCUT2D eigenvalue weighted by Gasteiger charge is 2.56. The van der Waals surface area contributed by atoms with Gasteiger partial charge in [-0.2, -0.15) is 12.6 Å². The molecule has 1 N–H and O–H groups in total. The van der Waals surface area contributed by atoms with Crippen LogP contribution in [0.4, 0.5) is 0 Å². The molecule has 2 aliphatic carbocycles. The Morgan fingerprint density at radius 3 is 2.09 bits per heavy atom. The Labute approximate surface area is 274 Å². The number of hydrogen-bond acceptors (Lipinski definition) is 5. The molecule has 4 unspecified atom stereocenters. The van der Waals surface area contributed by atoms with Gasteiger partial charge in [0, 0.05) is 41.5 Å². The number of aromatic nitrogens is 1. The van der Waals surface area contributed by atoms with Crippen LogP contribution < -0.4 is 0 Å². The third-order valence-corrected chi connectivity index (χ3v) is 10.8. The van der Waals surface area contributed by atoms with Crippen molar-refractivity contribution in [2.45, 2.75) is 143 Å². The summed E-state index contributed by atoms with van der Waals surface area (Å²) in [5.74, 6) is 0.493. The van der Waals surface area contributed by atoms with E-state index in [4.69, 9.17) is 14.5 Å². The lowest BCUT2D eigenvalue weighted by molar-refractivity contribution is -0.157. The highest BCUT2D eigenvalue weighted by Crippen LogP contribution is 2.61. The fourth-order valence-corrected chi connectivity index (χ4v) is 7.47. The van der Waals surface area contributed by atoms with Crippen molar-refractivity contribution in [3.8, 4) is 0 Å². The van der Waals surface area contributed by atoms with Crippen molar-refractivity contribution < 1.29 is 14.6 Å². The van der Waals surface area contributed by atoms with Gasteiger partial charge in [-0.3, -0.25) is 4.98 Å². The van der Waals surface area contributed by atoms with Crippen molar-refractivity contribution >= 4 is 12.6 Å². The maximum atomic E-state index is 11.7. The molecule has 4 aliphatic rings. The zero-order valence-corrected chi connectivity index (χ0v) is 30.5. The maximum Gasteiger partial charge on any atom is 0.111 e. The molecule has 246 valence electrons. The van der Waals surface area contributed by atoms with Crippen molar-refractivity contribution in [1.29, 1.82) is 0 Å². The van der Waals surface area contributed by atoms with E-state index in [-0.39, 0.29) is 28.8 Å². The predicted octanol–water partition coefficient (Wildman–Crippen LogP) is 10.0. The summed E-state index contributed by atoms with van der Waals surface area (Å²) in [6.07, 6.45) is 8.72. The average Bonchev–Trinajstić information content (AvgIpc) is 3.29. The molecule has 1 saturated carbocycles. The molecular weight excluding hydrogens is 563 g/mol. The first-order chi connectivity index (χ1) is 20.6. The average molecular weight is 624 g/mol. The van der Waals surface area contributed by atoms with Crippen molar-refractivity contribution in [2.24, 2.45) is 16.7 Å². The van der Waals surface area contributed by atoms with Crippen LogP contribution in [-0.2, 0) is 26.9 Å². The van der Waals surface area contributed by atoms with Crippen LogP contribution in [0.1, 0.15) is 165 Å². The van der Waals surface area contributed by atoms with Crippen molar-refractivity contribution in [1.82, 2.24) is 4.98 Å². The first kappa shape index (κ1) is 35.5. The Hall–Kier alpha value is -1.40. The lowest BCUT2D eigenvalue weighted by Gasteiger charge is -2.48. The minimum Gasteiger partial charge on any atom is -0.388 e. The molecule has 6 rings (SSSR count). The molecular formula is C39H61NO3S. The predicted molar refractivity (Wildman–Crippen MR) is 187 cm³/mol. The number of rotatable bonds is 2. The SMILES string of the molecule is CC(C)c1nc2c(c3c1C(c1ccc(C(C)(C)C)cc1)OC31CCOCC1C)C(O)CC1(CCC1)C2.CCC(C)(C)C.CS. The number of aliphatic hydroxyl groups is 1. The highest BCUT2D eigenvalue weighted by atomic mass is 32.1. The number of nitrogens with zero attached hydrogens (tertiary/aromatic N) is 1. The fraction of sp³-hybridized carbons (Fsp3) is 0.718. The molecule has 4 nitrogen and oxygen atoms in total. The van der Waals surface area contributed by atoms with E-state index >= 15 is 0 Å². The molecule has 44 heavy (non-hydrogen) atoms. The zero-order valence-electron chi connectivity index (χ0n) is 29.6. The fourth-order valence-electron chi connectivity index (χ4n) is 7.47. The first-order valence-corrected chi connectivity index (χ1v) is 18.1. The van der Waals surface area contributed by atoms with Crippen LogP contribution in [0, 0.1) is 16.7 Å². The van der Waals surface area contributed by atoms with Crippen molar-refractivity contribution in [3.63, 3.8) is 0 Å². The summed E-state index contributed by atoms with van der Waals surface area (Å²) in [7, 11) is 0. The minimum absolute atomic E-state index is 0.106. The third-order valence-electron chi connectivity index (χ3n) is 10.8. The molecule has 1 aromatic heterocycles. The lowest BCUT2D eigenvalue weighted by Crippen LogP contribution is -2.44. The van der Waals surface area contributed by atoms with E-state index in [0.717, 1.165) is 36.2 Å². The van der Waals surface area contributed by atoms with E-state index < -0.39 is 11.7 Å². The summed E-state index contributed by atoms with van der Waals surface area (Å²) in [5, 5.41) is 11.7. The molecule has 1 aromatic carbocycles. The topological polar surface area (TPSA) is 51.6 Å². The standard InChI is InChI=1S/C32H43NO3.C6H14.CH4S/c1-19(2)28-26-27(25-23(33-28)16-31(12-7-13-31)17-24(25)34)32(14-15-35-18-20(32)3)36-29(26)21-8-10-22(11-9-21)30(4,5)6;1-5-6(2,3)4;1-2/h8-11,19-20,24,29,34H,7,12-18H2,1-6H3;5H2,1-4H3;2H,1H3. The second-order valence-corrected chi connectivity index (χ2v) is 16.5. The van der Waals surface area contributed by atoms with E-state index in [0.29, 0.717) is 18.6 Å². The normalized spacial score (nSPS) is 27.1. The molecule has 2 aromatic rings. The highest BCUT2D eigenvalue weighted by molar-refractivity contribution is 7.79. The molecule has 1 saturated heterocycles. The maximum absolute atomic E-state index is 11.7. The number of fused-ring (bicyclic) bond motifs is 4. The number of pyridine rings is 1. The van der Waals surface area contributed by atoms with Gasteiger partial charge < -0.3 is 14.6 Å². The number of aliphatic hydroxyl groups excluding tert-OH is 1. The summed E-state index contributed by atoms with van der Waals surface area (Å²) >= 11 is 3.53. The summed E-state index contributed by atoms with van der Waals surface area (Å²) in [5.41, 5.74) is 8.85. The van der Waals surface area contributed by atoms with E-state index in [1.54, 1.807) is 6.26 Å². The molecule has 5 heteroatoms. The van der Waals surface area contributed by atoms with Crippen LogP contribution in [0.5, 0.6) is 0 Å². The lowest BCUT2D eigenvalue weighted by atomic mass is 9.58. The van der Waals surface area contributed by atoms with Gasteiger partial charge in [0.1, 0.15) is 11.7 Å². The Morgan fingerprint density at radius 2 is 1.61 bits per heavy atom.